The molecule has 0 fully saturated rings. The molecule has 0 atom stereocenters. The molecule has 1 aromatic heterocycles. The lowest BCUT2D eigenvalue weighted by atomic mass is 9.97. The fourth-order valence-electron chi connectivity index (χ4n) is 4.45. The first-order valence-electron chi connectivity index (χ1n) is 11.9. The van der Waals surface area contributed by atoms with E-state index in [-0.39, 0.29) is 23.7 Å². The number of pyridine rings is 1. The average Bonchev–Trinajstić information content (AvgIpc) is 2.89. The molecule has 6 heteroatoms. The van der Waals surface area contributed by atoms with Gasteiger partial charge in [0.1, 0.15) is 5.75 Å². The van der Waals surface area contributed by atoms with Crippen LogP contribution in [0.4, 0.5) is 0 Å². The quantitative estimate of drug-likeness (QED) is 0.242. The number of ether oxygens (including phenoxy) is 1. The Bertz CT molecular complexity index is 1670. The number of aromatic nitrogens is 1. The van der Waals surface area contributed by atoms with Gasteiger partial charge in [-0.2, -0.15) is 0 Å². The van der Waals surface area contributed by atoms with Crippen LogP contribution in [0.15, 0.2) is 95.8 Å². The molecule has 5 rings (SSSR count). The van der Waals surface area contributed by atoms with Crippen molar-refractivity contribution in [3.05, 3.63) is 112 Å². The van der Waals surface area contributed by atoms with E-state index in [2.05, 4.69) is 4.98 Å². The van der Waals surface area contributed by atoms with Gasteiger partial charge in [0.25, 0.3) is 5.56 Å². The number of hydrogen-bond acceptors (Lipinski definition) is 4. The van der Waals surface area contributed by atoms with Crippen molar-refractivity contribution in [2.75, 3.05) is 6.61 Å². The Morgan fingerprint density at radius 3 is 2.35 bits per heavy atom. The third-order valence-corrected chi connectivity index (χ3v) is 6.53. The minimum atomic E-state index is -0.315. The first kappa shape index (κ1) is 24.3. The number of rotatable bonds is 6. The molecule has 4 aromatic carbocycles. The number of carbonyl (C=O) groups is 1. The largest absolute Gasteiger partial charge is 0.507 e. The third-order valence-electron chi connectivity index (χ3n) is 6.22. The number of H-pyrrole nitrogens is 1. The van der Waals surface area contributed by atoms with Crippen LogP contribution in [0, 0.1) is 0 Å². The van der Waals surface area contributed by atoms with Crippen LogP contribution in [-0.2, 0) is 16.0 Å². The van der Waals surface area contributed by atoms with E-state index in [1.165, 1.54) is 0 Å². The van der Waals surface area contributed by atoms with Crippen LogP contribution in [0.5, 0.6) is 5.75 Å². The van der Waals surface area contributed by atoms with Crippen molar-refractivity contribution in [2.24, 2.45) is 0 Å². The second-order valence-corrected chi connectivity index (χ2v) is 9.12. The predicted molar refractivity (Wildman–Crippen MR) is 148 cm³/mol. The Morgan fingerprint density at radius 2 is 1.59 bits per heavy atom. The van der Waals surface area contributed by atoms with Gasteiger partial charge in [-0.25, -0.2) is 0 Å². The minimum Gasteiger partial charge on any atom is -0.507 e. The number of fused-ring (bicyclic) bond motifs is 1. The highest BCUT2D eigenvalue weighted by Gasteiger charge is 2.14. The summed E-state index contributed by atoms with van der Waals surface area (Å²) < 4.78 is 5.04. The molecule has 37 heavy (non-hydrogen) atoms. The molecule has 0 aliphatic heterocycles. The zero-order valence-corrected chi connectivity index (χ0v) is 20.9. The van der Waals surface area contributed by atoms with Crippen LogP contribution in [0.3, 0.4) is 0 Å². The molecule has 5 nitrogen and oxygen atoms in total. The molecule has 5 aromatic rings. The summed E-state index contributed by atoms with van der Waals surface area (Å²) in [6.45, 7) is 2.08. The lowest BCUT2D eigenvalue weighted by Gasteiger charge is -2.12. The second-order valence-electron chi connectivity index (χ2n) is 8.71. The predicted octanol–water partition coefficient (Wildman–Crippen LogP) is 6.99. The highest BCUT2D eigenvalue weighted by Crippen LogP contribution is 2.39. The average molecular weight is 510 g/mol. The number of hydrogen-bond donors (Lipinski definition) is 2. The zero-order valence-electron chi connectivity index (χ0n) is 20.1. The number of carbonyl (C=O) groups excluding carboxylic acids is 1. The lowest BCUT2D eigenvalue weighted by molar-refractivity contribution is -0.142. The molecular weight excluding hydrogens is 486 g/mol. The van der Waals surface area contributed by atoms with E-state index >= 15 is 0 Å². The van der Waals surface area contributed by atoms with Crippen molar-refractivity contribution in [3.63, 3.8) is 0 Å². The van der Waals surface area contributed by atoms with E-state index in [4.69, 9.17) is 16.3 Å². The van der Waals surface area contributed by atoms with Gasteiger partial charge in [0.05, 0.1) is 18.1 Å². The molecule has 0 bridgehead atoms. The number of aromatic amines is 1. The highest BCUT2D eigenvalue weighted by atomic mass is 35.5. The zero-order chi connectivity index (χ0) is 25.9. The summed E-state index contributed by atoms with van der Waals surface area (Å²) in [5, 5.41) is 12.0. The van der Waals surface area contributed by atoms with Gasteiger partial charge in [-0.1, -0.05) is 72.3 Å². The fraction of sp³-hybridized carbons (Fsp3) is 0.0968. The van der Waals surface area contributed by atoms with Gasteiger partial charge >= 0.3 is 5.97 Å². The van der Waals surface area contributed by atoms with Crippen LogP contribution in [0.2, 0.25) is 5.02 Å². The van der Waals surface area contributed by atoms with E-state index in [0.29, 0.717) is 39.4 Å². The van der Waals surface area contributed by atoms with Crippen molar-refractivity contribution < 1.29 is 14.6 Å². The molecule has 0 saturated carbocycles. The second kappa shape index (κ2) is 10.3. The maximum Gasteiger partial charge on any atom is 0.310 e. The first-order valence-corrected chi connectivity index (χ1v) is 12.3. The maximum absolute atomic E-state index is 12.9. The Hall–Kier alpha value is -4.35. The van der Waals surface area contributed by atoms with Crippen LogP contribution in [-0.4, -0.2) is 22.7 Å². The standard InChI is InChI=1S/C31H24ClNO4/c1-2-37-30(35)14-19-7-6-10-22(13-19)25-15-23-16-26(27(32)18-28(23)33-31(25)36)24-12-11-21(17-29(24)34)20-8-4-3-5-9-20/h3-13,15-18,34H,2,14H2,1H3,(H,33,36). The van der Waals surface area contributed by atoms with Crippen molar-refractivity contribution in [1.29, 1.82) is 0 Å². The van der Waals surface area contributed by atoms with Crippen molar-refractivity contribution in [2.45, 2.75) is 13.3 Å². The molecular formula is C31H24ClNO4. The van der Waals surface area contributed by atoms with Crippen LogP contribution >= 0.6 is 11.6 Å². The summed E-state index contributed by atoms with van der Waals surface area (Å²) in [5.41, 5.74) is 5.39. The molecule has 2 N–H and O–H groups in total. The van der Waals surface area contributed by atoms with Crippen LogP contribution in [0.25, 0.3) is 44.3 Å². The normalized spacial score (nSPS) is 11.0. The van der Waals surface area contributed by atoms with Gasteiger partial charge in [0.2, 0.25) is 0 Å². The molecule has 0 saturated heterocycles. The molecule has 184 valence electrons. The van der Waals surface area contributed by atoms with Crippen molar-refractivity contribution in [3.8, 4) is 39.1 Å². The van der Waals surface area contributed by atoms with Crippen LogP contribution < -0.4 is 5.56 Å². The number of benzene rings is 4. The van der Waals surface area contributed by atoms with Gasteiger partial charge in [-0.3, -0.25) is 9.59 Å². The summed E-state index contributed by atoms with van der Waals surface area (Å²) in [7, 11) is 0. The van der Waals surface area contributed by atoms with Gasteiger partial charge in [0.15, 0.2) is 0 Å². The van der Waals surface area contributed by atoms with E-state index in [1.54, 1.807) is 25.1 Å². The number of phenols is 1. The fourth-order valence-corrected chi connectivity index (χ4v) is 4.71. The minimum absolute atomic E-state index is 0.110. The van der Waals surface area contributed by atoms with Crippen LogP contribution in [0.1, 0.15) is 12.5 Å². The molecule has 0 aliphatic rings. The van der Waals surface area contributed by atoms with Gasteiger partial charge < -0.3 is 14.8 Å². The van der Waals surface area contributed by atoms with Gasteiger partial charge in [0, 0.05) is 22.2 Å². The number of halogens is 1. The number of phenolic OH excluding ortho intramolecular Hbond substituents is 1. The van der Waals surface area contributed by atoms with E-state index < -0.39 is 0 Å². The van der Waals surface area contributed by atoms with Crippen molar-refractivity contribution >= 4 is 28.5 Å². The van der Waals surface area contributed by atoms with Gasteiger partial charge in [-0.05, 0) is 64.9 Å². The topological polar surface area (TPSA) is 79.4 Å². The first-order chi connectivity index (χ1) is 17.9. The van der Waals surface area contributed by atoms with E-state index in [0.717, 1.165) is 22.1 Å². The molecule has 0 amide bonds. The summed E-state index contributed by atoms with van der Waals surface area (Å²) in [5.74, 6) is -0.205. The number of nitrogens with one attached hydrogen (secondary N) is 1. The van der Waals surface area contributed by atoms with Crippen molar-refractivity contribution in [1.82, 2.24) is 4.98 Å². The SMILES string of the molecule is CCOC(=O)Cc1cccc(-c2cc3cc(-c4ccc(-c5ccccc5)cc4O)c(Cl)cc3[nH]c2=O)c1. The highest BCUT2D eigenvalue weighted by molar-refractivity contribution is 6.34. The summed E-state index contributed by atoms with van der Waals surface area (Å²) >= 11 is 6.59. The molecule has 1 heterocycles. The monoisotopic (exact) mass is 509 g/mol. The number of esters is 1. The molecule has 0 radical (unpaired) electrons. The lowest BCUT2D eigenvalue weighted by Crippen LogP contribution is -2.10. The summed E-state index contributed by atoms with van der Waals surface area (Å²) in [6.07, 6.45) is 0.130. The summed E-state index contributed by atoms with van der Waals surface area (Å²) in [6, 6.07) is 28.0. The molecule has 0 spiro atoms. The molecule has 0 aliphatic carbocycles. The maximum atomic E-state index is 12.9. The molecule has 0 unspecified atom stereocenters. The number of aromatic hydroxyl groups is 1. The summed E-state index contributed by atoms with van der Waals surface area (Å²) in [4.78, 5) is 27.8. The third kappa shape index (κ3) is 5.13. The van der Waals surface area contributed by atoms with Gasteiger partial charge in [-0.15, -0.1) is 0 Å². The Morgan fingerprint density at radius 1 is 0.838 bits per heavy atom. The van der Waals surface area contributed by atoms with E-state index in [9.17, 15) is 14.7 Å². The smallest absolute Gasteiger partial charge is 0.310 e. The van der Waals surface area contributed by atoms with E-state index in [1.807, 2.05) is 72.8 Å². The Labute approximate surface area is 218 Å². The Balaban J connectivity index is 1.55. The Kier molecular flexibility index (Phi) is 6.80.